The van der Waals surface area contributed by atoms with Gasteiger partial charge in [-0.05, 0) is 30.3 Å². The van der Waals surface area contributed by atoms with Gasteiger partial charge in [-0.15, -0.1) is 0 Å². The van der Waals surface area contributed by atoms with Crippen LogP contribution in [0.15, 0.2) is 59.1 Å². The van der Waals surface area contributed by atoms with Gasteiger partial charge in [0.05, 0.1) is 11.8 Å². The fraction of sp³-hybridized carbons (Fsp3) is 0.235. The van der Waals surface area contributed by atoms with Gasteiger partial charge < -0.3 is 10.6 Å². The topological polar surface area (TPSA) is 53.1 Å². The van der Waals surface area contributed by atoms with Crippen molar-refractivity contribution in [1.29, 1.82) is 5.41 Å². The lowest BCUT2D eigenvalue weighted by Crippen LogP contribution is -2.32. The molecule has 2 aromatic carbocycles. The number of hydrogen-bond acceptors (Lipinski definition) is 2. The first-order valence-electron chi connectivity index (χ1n) is 6.88. The minimum atomic E-state index is -0.0633. The number of nitrogens with zero attached hydrogens (tertiary/aromatic N) is 1. The van der Waals surface area contributed by atoms with Crippen molar-refractivity contribution in [1.82, 2.24) is 4.90 Å². The highest BCUT2D eigenvalue weighted by atomic mass is 79.9. The summed E-state index contributed by atoms with van der Waals surface area (Å²) in [6.45, 7) is 1.57. The summed E-state index contributed by atoms with van der Waals surface area (Å²) in [7, 11) is 2.06. The van der Waals surface area contributed by atoms with Crippen molar-refractivity contribution < 1.29 is 0 Å². The van der Waals surface area contributed by atoms with Gasteiger partial charge in [-0.3, -0.25) is 5.41 Å². The fourth-order valence-corrected chi connectivity index (χ4v) is 2.61. The summed E-state index contributed by atoms with van der Waals surface area (Å²) in [5.41, 5.74) is 8.12. The van der Waals surface area contributed by atoms with E-state index in [1.54, 1.807) is 0 Å². The average Bonchev–Trinajstić information content (AvgIpc) is 2.48. The maximum atomic E-state index is 7.84. The molecule has 0 aliphatic rings. The molecule has 1 unspecified atom stereocenters. The van der Waals surface area contributed by atoms with Crippen LogP contribution in [0.4, 0.5) is 0 Å². The maximum absolute atomic E-state index is 7.84. The Morgan fingerprint density at radius 2 is 1.76 bits per heavy atom. The molecule has 0 bridgehead atoms. The first-order valence-corrected chi connectivity index (χ1v) is 7.67. The van der Waals surface area contributed by atoms with Gasteiger partial charge >= 0.3 is 0 Å². The number of likely N-dealkylation sites (N-methyl/N-ethyl adjacent to an activating group) is 1. The third-order valence-electron chi connectivity index (χ3n) is 3.44. The summed E-state index contributed by atoms with van der Waals surface area (Å²) in [5, 5.41) is 7.84. The fourth-order valence-electron chi connectivity index (χ4n) is 2.35. The summed E-state index contributed by atoms with van der Waals surface area (Å²) >= 11 is 3.44. The molecular formula is C17H20BrN3. The Morgan fingerprint density at radius 1 is 1.14 bits per heavy atom. The van der Waals surface area contributed by atoms with Gasteiger partial charge in [0, 0.05) is 17.6 Å². The summed E-state index contributed by atoms with van der Waals surface area (Å²) < 4.78 is 1.08. The third kappa shape index (κ3) is 4.69. The van der Waals surface area contributed by atoms with Crippen molar-refractivity contribution in [3.05, 3.63) is 70.2 Å². The van der Waals surface area contributed by atoms with Crippen LogP contribution in [0.1, 0.15) is 17.0 Å². The number of hydrogen-bond donors (Lipinski definition) is 2. The van der Waals surface area contributed by atoms with Gasteiger partial charge in [0.25, 0.3) is 0 Å². The third-order valence-corrected chi connectivity index (χ3v) is 3.97. The summed E-state index contributed by atoms with van der Waals surface area (Å²) in [5.74, 6) is 0.149. The second-order valence-corrected chi connectivity index (χ2v) is 6.16. The Morgan fingerprint density at radius 3 is 2.33 bits per heavy atom. The summed E-state index contributed by atoms with van der Waals surface area (Å²) in [6.07, 6.45) is 0. The first kappa shape index (κ1) is 15.7. The van der Waals surface area contributed by atoms with Crippen LogP contribution in [0.2, 0.25) is 0 Å². The van der Waals surface area contributed by atoms with E-state index in [9.17, 15) is 0 Å². The van der Waals surface area contributed by atoms with Gasteiger partial charge in [-0.1, -0.05) is 58.4 Å². The van der Waals surface area contributed by atoms with Crippen LogP contribution < -0.4 is 5.73 Å². The quantitative estimate of drug-likeness (QED) is 0.620. The van der Waals surface area contributed by atoms with Crippen molar-refractivity contribution in [2.75, 3.05) is 13.6 Å². The van der Waals surface area contributed by atoms with E-state index in [4.69, 9.17) is 11.1 Å². The van der Waals surface area contributed by atoms with Crippen molar-refractivity contribution in [2.24, 2.45) is 5.73 Å². The minimum absolute atomic E-state index is 0.0633. The number of rotatable bonds is 6. The Bertz CT molecular complexity index is 581. The average molecular weight is 346 g/mol. The Labute approximate surface area is 134 Å². The summed E-state index contributed by atoms with van der Waals surface area (Å²) in [4.78, 5) is 2.20. The standard InChI is InChI=1S/C17H20BrN3/c1-21(11-13-7-9-15(18)10-8-13)12-16(17(19)20)14-5-3-2-4-6-14/h2-10,16H,11-12H2,1H3,(H3,19,20). The summed E-state index contributed by atoms with van der Waals surface area (Å²) in [6, 6.07) is 18.3. The molecule has 2 rings (SSSR count). The Kier molecular flexibility index (Phi) is 5.53. The van der Waals surface area contributed by atoms with E-state index in [1.165, 1.54) is 5.56 Å². The van der Waals surface area contributed by atoms with E-state index in [2.05, 4.69) is 40.0 Å². The number of amidine groups is 1. The van der Waals surface area contributed by atoms with Crippen molar-refractivity contribution in [3.63, 3.8) is 0 Å². The zero-order valence-electron chi connectivity index (χ0n) is 12.1. The maximum Gasteiger partial charge on any atom is 0.0995 e. The minimum Gasteiger partial charge on any atom is -0.387 e. The molecule has 21 heavy (non-hydrogen) atoms. The predicted octanol–water partition coefficient (Wildman–Crippen LogP) is 3.60. The molecule has 0 saturated heterocycles. The lowest BCUT2D eigenvalue weighted by Gasteiger charge is -2.23. The van der Waals surface area contributed by atoms with Crippen LogP contribution >= 0.6 is 15.9 Å². The van der Waals surface area contributed by atoms with Crippen molar-refractivity contribution >= 4 is 21.8 Å². The second kappa shape index (κ2) is 7.38. The molecule has 0 aliphatic carbocycles. The van der Waals surface area contributed by atoms with Gasteiger partial charge in [0.15, 0.2) is 0 Å². The predicted molar refractivity (Wildman–Crippen MR) is 91.6 cm³/mol. The SMILES string of the molecule is CN(Cc1ccc(Br)cc1)CC(C(=N)N)c1ccccc1. The van der Waals surface area contributed by atoms with Crippen LogP contribution in [-0.4, -0.2) is 24.3 Å². The molecule has 3 nitrogen and oxygen atoms in total. The molecule has 0 spiro atoms. The molecule has 0 aromatic heterocycles. The highest BCUT2D eigenvalue weighted by Gasteiger charge is 2.17. The Hall–Kier alpha value is -1.65. The van der Waals surface area contributed by atoms with Crippen LogP contribution in [0.25, 0.3) is 0 Å². The number of nitrogens with two attached hydrogens (primary N) is 1. The van der Waals surface area contributed by atoms with E-state index >= 15 is 0 Å². The van der Waals surface area contributed by atoms with Crippen molar-refractivity contribution in [2.45, 2.75) is 12.5 Å². The van der Waals surface area contributed by atoms with Gasteiger partial charge in [-0.25, -0.2) is 0 Å². The molecule has 0 radical (unpaired) electrons. The molecule has 0 aliphatic heterocycles. The second-order valence-electron chi connectivity index (χ2n) is 5.24. The van der Waals surface area contributed by atoms with Crippen LogP contribution in [0.5, 0.6) is 0 Å². The Balaban J connectivity index is 2.03. The van der Waals surface area contributed by atoms with Gasteiger partial charge in [-0.2, -0.15) is 0 Å². The molecule has 0 amide bonds. The molecule has 0 saturated carbocycles. The van der Waals surface area contributed by atoms with Crippen molar-refractivity contribution in [3.8, 4) is 0 Å². The highest BCUT2D eigenvalue weighted by Crippen LogP contribution is 2.18. The van der Waals surface area contributed by atoms with E-state index in [-0.39, 0.29) is 11.8 Å². The van der Waals surface area contributed by atoms with Crippen LogP contribution in [-0.2, 0) is 6.54 Å². The molecule has 4 heteroatoms. The van der Waals surface area contributed by atoms with Gasteiger partial charge in [0.2, 0.25) is 0 Å². The van der Waals surface area contributed by atoms with E-state index in [1.807, 2.05) is 42.5 Å². The molecule has 0 heterocycles. The molecule has 1 atom stereocenters. The number of halogens is 1. The number of nitrogens with one attached hydrogen (secondary N) is 1. The lowest BCUT2D eigenvalue weighted by atomic mass is 9.97. The van der Waals surface area contributed by atoms with E-state index < -0.39 is 0 Å². The number of benzene rings is 2. The molecular weight excluding hydrogens is 326 g/mol. The lowest BCUT2D eigenvalue weighted by molar-refractivity contribution is 0.322. The van der Waals surface area contributed by atoms with E-state index in [0.717, 1.165) is 23.1 Å². The monoisotopic (exact) mass is 345 g/mol. The highest BCUT2D eigenvalue weighted by molar-refractivity contribution is 9.10. The van der Waals surface area contributed by atoms with Gasteiger partial charge in [0.1, 0.15) is 0 Å². The smallest absolute Gasteiger partial charge is 0.0995 e. The first-order chi connectivity index (χ1) is 10.1. The zero-order chi connectivity index (χ0) is 15.2. The molecule has 0 fully saturated rings. The van der Waals surface area contributed by atoms with Crippen LogP contribution in [0, 0.1) is 5.41 Å². The molecule has 2 aromatic rings. The van der Waals surface area contributed by atoms with E-state index in [0.29, 0.717) is 0 Å². The molecule has 110 valence electrons. The normalized spacial score (nSPS) is 12.3. The molecule has 3 N–H and O–H groups in total. The van der Waals surface area contributed by atoms with Crippen LogP contribution in [0.3, 0.4) is 0 Å². The zero-order valence-corrected chi connectivity index (χ0v) is 13.7. The largest absolute Gasteiger partial charge is 0.387 e.